The van der Waals surface area contributed by atoms with E-state index in [4.69, 9.17) is 11.0 Å². The van der Waals surface area contributed by atoms with E-state index in [0.717, 1.165) is 5.56 Å². The van der Waals surface area contributed by atoms with Crippen LogP contribution in [0.2, 0.25) is 0 Å². The zero-order chi connectivity index (χ0) is 16.2. The highest BCUT2D eigenvalue weighted by Crippen LogP contribution is 2.17. The van der Waals surface area contributed by atoms with Crippen molar-refractivity contribution < 1.29 is 0 Å². The van der Waals surface area contributed by atoms with Crippen LogP contribution in [0.4, 0.5) is 5.69 Å². The van der Waals surface area contributed by atoms with E-state index < -0.39 is 0 Å². The van der Waals surface area contributed by atoms with Crippen LogP contribution >= 0.6 is 0 Å². The van der Waals surface area contributed by atoms with E-state index in [1.165, 1.54) is 0 Å². The highest BCUT2D eigenvalue weighted by Gasteiger charge is 2.10. The number of aromatic amines is 1. The van der Waals surface area contributed by atoms with Gasteiger partial charge in [-0.2, -0.15) is 10.4 Å². The Morgan fingerprint density at radius 2 is 2.00 bits per heavy atom. The van der Waals surface area contributed by atoms with Crippen LogP contribution in [0.3, 0.4) is 0 Å². The fraction of sp³-hybridized carbons (Fsp3) is 0.0556. The molecule has 0 atom stereocenters. The lowest BCUT2D eigenvalue weighted by atomic mass is 10.0. The van der Waals surface area contributed by atoms with Crippen molar-refractivity contribution in [3.05, 3.63) is 81.8 Å². The van der Waals surface area contributed by atoms with Gasteiger partial charge in [0.1, 0.15) is 5.69 Å². The smallest absolute Gasteiger partial charge is 0.211 e. The topological polar surface area (TPSA) is 95.6 Å². The highest BCUT2D eigenvalue weighted by atomic mass is 16.1. The van der Waals surface area contributed by atoms with Gasteiger partial charge >= 0.3 is 0 Å². The number of benzene rings is 2. The molecule has 23 heavy (non-hydrogen) atoms. The van der Waals surface area contributed by atoms with E-state index in [1.54, 1.807) is 36.5 Å². The van der Waals surface area contributed by atoms with E-state index in [-0.39, 0.29) is 5.43 Å². The Morgan fingerprint density at radius 1 is 1.17 bits per heavy atom. The molecule has 0 bridgehead atoms. The fourth-order valence-corrected chi connectivity index (χ4v) is 2.43. The number of nitrogens with one attached hydrogen (secondary N) is 1. The SMILES string of the molecule is N#Cc1cccc(-c2c[nH]nc(Cc3cccc(N)c3)c2=O)c1. The van der Waals surface area contributed by atoms with Gasteiger partial charge in [0, 0.05) is 23.9 Å². The van der Waals surface area contributed by atoms with Gasteiger partial charge in [0.05, 0.1) is 11.6 Å². The number of H-pyrrole nitrogens is 1. The first kappa shape index (κ1) is 14.5. The van der Waals surface area contributed by atoms with Gasteiger partial charge in [-0.05, 0) is 35.4 Å². The Labute approximate surface area is 133 Å². The second-order valence-corrected chi connectivity index (χ2v) is 5.19. The van der Waals surface area contributed by atoms with Crippen LogP contribution in [-0.2, 0) is 6.42 Å². The van der Waals surface area contributed by atoms with Crippen molar-refractivity contribution in [2.45, 2.75) is 6.42 Å². The normalized spacial score (nSPS) is 10.2. The number of aromatic nitrogens is 2. The number of nitrogens with zero attached hydrogens (tertiary/aromatic N) is 2. The summed E-state index contributed by atoms with van der Waals surface area (Å²) in [4.78, 5) is 12.7. The zero-order valence-electron chi connectivity index (χ0n) is 12.3. The number of rotatable bonds is 3. The van der Waals surface area contributed by atoms with E-state index in [1.807, 2.05) is 18.2 Å². The molecule has 5 nitrogen and oxygen atoms in total. The Kier molecular flexibility index (Phi) is 3.89. The van der Waals surface area contributed by atoms with Gasteiger partial charge in [0.2, 0.25) is 5.43 Å². The van der Waals surface area contributed by atoms with Crippen LogP contribution in [0.15, 0.2) is 59.5 Å². The molecule has 1 heterocycles. The van der Waals surface area contributed by atoms with Gasteiger partial charge in [0.15, 0.2) is 0 Å². The summed E-state index contributed by atoms with van der Waals surface area (Å²) in [5.74, 6) is 0. The second-order valence-electron chi connectivity index (χ2n) is 5.19. The van der Waals surface area contributed by atoms with Gasteiger partial charge in [-0.25, -0.2) is 0 Å². The summed E-state index contributed by atoms with van der Waals surface area (Å²) in [6.07, 6.45) is 1.95. The number of anilines is 1. The summed E-state index contributed by atoms with van der Waals surface area (Å²) in [7, 11) is 0. The fourth-order valence-electron chi connectivity index (χ4n) is 2.43. The molecule has 0 amide bonds. The van der Waals surface area contributed by atoms with Crippen LogP contribution in [0.25, 0.3) is 11.1 Å². The van der Waals surface area contributed by atoms with Gasteiger partial charge in [-0.3, -0.25) is 9.89 Å². The zero-order valence-corrected chi connectivity index (χ0v) is 12.3. The lowest BCUT2D eigenvalue weighted by Crippen LogP contribution is -2.15. The van der Waals surface area contributed by atoms with E-state index >= 15 is 0 Å². The summed E-state index contributed by atoms with van der Waals surface area (Å²) in [6.45, 7) is 0. The molecule has 112 valence electrons. The molecule has 0 aliphatic heterocycles. The third-order valence-electron chi connectivity index (χ3n) is 3.54. The predicted octanol–water partition coefficient (Wildman–Crippen LogP) is 2.48. The van der Waals surface area contributed by atoms with E-state index in [9.17, 15) is 4.79 Å². The van der Waals surface area contributed by atoms with Crippen molar-refractivity contribution in [2.75, 3.05) is 5.73 Å². The Morgan fingerprint density at radius 3 is 2.78 bits per heavy atom. The van der Waals surface area contributed by atoms with Crippen LogP contribution in [0.5, 0.6) is 0 Å². The van der Waals surface area contributed by atoms with Gasteiger partial charge in [0.25, 0.3) is 0 Å². The predicted molar refractivity (Wildman–Crippen MR) is 88.7 cm³/mol. The molecular weight excluding hydrogens is 288 g/mol. The Hall–Kier alpha value is -3.39. The lowest BCUT2D eigenvalue weighted by Gasteiger charge is -2.05. The number of nitrogen functional groups attached to an aromatic ring is 1. The summed E-state index contributed by atoms with van der Waals surface area (Å²) >= 11 is 0. The monoisotopic (exact) mass is 302 g/mol. The maximum absolute atomic E-state index is 12.7. The number of hydrogen-bond acceptors (Lipinski definition) is 4. The first-order valence-corrected chi connectivity index (χ1v) is 7.09. The maximum Gasteiger partial charge on any atom is 0.211 e. The summed E-state index contributed by atoms with van der Waals surface area (Å²) < 4.78 is 0. The molecule has 1 aromatic heterocycles. The summed E-state index contributed by atoms with van der Waals surface area (Å²) in [5.41, 5.74) is 9.30. The molecule has 0 saturated heterocycles. The quantitative estimate of drug-likeness (QED) is 0.726. The number of nitrogens with two attached hydrogens (primary N) is 1. The van der Waals surface area contributed by atoms with Crippen molar-refractivity contribution >= 4 is 5.69 Å². The van der Waals surface area contributed by atoms with Crippen molar-refractivity contribution in [3.63, 3.8) is 0 Å². The van der Waals surface area contributed by atoms with Crippen LogP contribution < -0.4 is 11.2 Å². The lowest BCUT2D eigenvalue weighted by molar-refractivity contribution is 0.923. The second kappa shape index (κ2) is 6.16. The minimum absolute atomic E-state index is 0.152. The molecule has 3 N–H and O–H groups in total. The molecule has 2 aromatic carbocycles. The minimum atomic E-state index is -0.152. The molecule has 0 aliphatic carbocycles. The van der Waals surface area contributed by atoms with E-state index in [0.29, 0.717) is 34.5 Å². The third kappa shape index (κ3) is 3.11. The van der Waals surface area contributed by atoms with Crippen molar-refractivity contribution in [1.82, 2.24) is 10.2 Å². The molecular formula is C18H14N4O. The highest BCUT2D eigenvalue weighted by molar-refractivity contribution is 5.64. The molecule has 0 aliphatic rings. The van der Waals surface area contributed by atoms with Crippen molar-refractivity contribution in [2.24, 2.45) is 0 Å². The molecule has 0 saturated carbocycles. The number of nitriles is 1. The third-order valence-corrected chi connectivity index (χ3v) is 3.54. The average molecular weight is 302 g/mol. The molecule has 3 rings (SSSR count). The number of hydrogen-bond donors (Lipinski definition) is 2. The minimum Gasteiger partial charge on any atom is -0.399 e. The first-order valence-electron chi connectivity index (χ1n) is 7.09. The van der Waals surface area contributed by atoms with Crippen LogP contribution in [0, 0.1) is 11.3 Å². The summed E-state index contributed by atoms with van der Waals surface area (Å²) in [5, 5.41) is 15.9. The molecule has 0 radical (unpaired) electrons. The van der Waals surface area contributed by atoms with Gasteiger partial charge in [-0.15, -0.1) is 0 Å². The van der Waals surface area contributed by atoms with Crippen molar-refractivity contribution in [3.8, 4) is 17.2 Å². The maximum atomic E-state index is 12.7. The van der Waals surface area contributed by atoms with Crippen LogP contribution in [-0.4, -0.2) is 10.2 Å². The largest absolute Gasteiger partial charge is 0.399 e. The van der Waals surface area contributed by atoms with Gasteiger partial charge < -0.3 is 5.73 Å². The van der Waals surface area contributed by atoms with Crippen molar-refractivity contribution in [1.29, 1.82) is 5.26 Å². The molecule has 0 unspecified atom stereocenters. The molecule has 5 heteroatoms. The molecule has 3 aromatic rings. The van der Waals surface area contributed by atoms with Gasteiger partial charge in [-0.1, -0.05) is 24.3 Å². The Balaban J connectivity index is 2.02. The average Bonchev–Trinajstić information content (AvgIpc) is 2.57. The first-order chi connectivity index (χ1) is 11.2. The summed E-state index contributed by atoms with van der Waals surface area (Å²) in [6, 6.07) is 16.4. The standard InChI is InChI=1S/C18H14N4O/c19-10-13-4-1-5-14(7-13)16-11-21-22-17(18(16)23)9-12-3-2-6-15(20)8-12/h1-8,11H,9,20H2,(H,21,23). The molecule has 0 spiro atoms. The Bertz CT molecular complexity index is 953. The van der Waals surface area contributed by atoms with Crippen LogP contribution in [0.1, 0.15) is 16.8 Å². The molecule has 0 fully saturated rings. The van der Waals surface area contributed by atoms with E-state index in [2.05, 4.69) is 16.3 Å².